The fourth-order valence-corrected chi connectivity index (χ4v) is 3.03. The van der Waals surface area contributed by atoms with Crippen LogP contribution in [0.4, 0.5) is 0 Å². The van der Waals surface area contributed by atoms with Crippen molar-refractivity contribution in [3.05, 3.63) is 0 Å². The lowest BCUT2D eigenvalue weighted by molar-refractivity contribution is 0.0316. The van der Waals surface area contributed by atoms with E-state index in [1.54, 1.807) is 0 Å². The summed E-state index contributed by atoms with van der Waals surface area (Å²) in [7, 11) is 0. The van der Waals surface area contributed by atoms with Crippen LogP contribution in [0.2, 0.25) is 0 Å². The molecule has 0 bridgehead atoms. The summed E-state index contributed by atoms with van der Waals surface area (Å²) in [6, 6.07) is 1.46. The van der Waals surface area contributed by atoms with Gasteiger partial charge in [-0.3, -0.25) is 4.90 Å². The molecule has 17 heavy (non-hydrogen) atoms. The second-order valence-corrected chi connectivity index (χ2v) is 5.64. The van der Waals surface area contributed by atoms with Gasteiger partial charge in [-0.1, -0.05) is 20.3 Å². The molecule has 2 unspecified atom stereocenters. The van der Waals surface area contributed by atoms with E-state index in [9.17, 15) is 0 Å². The van der Waals surface area contributed by atoms with Gasteiger partial charge in [0.1, 0.15) is 0 Å². The topological polar surface area (TPSA) is 24.5 Å². The van der Waals surface area contributed by atoms with Crippen LogP contribution in [-0.4, -0.2) is 49.8 Å². The Morgan fingerprint density at radius 2 is 2.12 bits per heavy atom. The molecule has 2 aliphatic heterocycles. The van der Waals surface area contributed by atoms with Crippen molar-refractivity contribution >= 4 is 0 Å². The van der Waals surface area contributed by atoms with E-state index in [4.69, 9.17) is 4.74 Å². The van der Waals surface area contributed by atoms with Crippen LogP contribution in [0.15, 0.2) is 0 Å². The van der Waals surface area contributed by atoms with Crippen molar-refractivity contribution < 1.29 is 4.74 Å². The summed E-state index contributed by atoms with van der Waals surface area (Å²) >= 11 is 0. The molecule has 2 aliphatic rings. The minimum Gasteiger partial charge on any atom is -0.381 e. The number of ether oxygens (including phenoxy) is 1. The maximum Gasteiger partial charge on any atom is 0.0480 e. The van der Waals surface area contributed by atoms with Gasteiger partial charge in [-0.25, -0.2) is 0 Å². The smallest absolute Gasteiger partial charge is 0.0480 e. The molecule has 2 atom stereocenters. The minimum atomic E-state index is 0.686. The molecule has 2 saturated heterocycles. The summed E-state index contributed by atoms with van der Waals surface area (Å²) in [6.07, 6.45) is 5.03. The molecule has 3 heteroatoms. The molecule has 0 aromatic carbocycles. The molecule has 100 valence electrons. The normalized spacial score (nSPS) is 31.1. The molecule has 0 saturated carbocycles. The largest absolute Gasteiger partial charge is 0.381 e. The van der Waals surface area contributed by atoms with Crippen LogP contribution in [0.3, 0.4) is 0 Å². The van der Waals surface area contributed by atoms with Crippen molar-refractivity contribution in [2.45, 2.75) is 51.6 Å². The first-order valence-electron chi connectivity index (χ1n) is 7.36. The van der Waals surface area contributed by atoms with Gasteiger partial charge in [-0.2, -0.15) is 0 Å². The Balaban J connectivity index is 1.91. The fraction of sp³-hybridized carbons (Fsp3) is 1.00. The molecule has 0 amide bonds. The third-order valence-electron chi connectivity index (χ3n) is 4.50. The Hall–Kier alpha value is -0.120. The third kappa shape index (κ3) is 3.67. The van der Waals surface area contributed by atoms with Crippen molar-refractivity contribution in [1.82, 2.24) is 10.2 Å². The highest BCUT2D eigenvalue weighted by molar-refractivity contribution is 4.84. The van der Waals surface area contributed by atoms with E-state index >= 15 is 0 Å². The zero-order valence-electron chi connectivity index (χ0n) is 11.5. The lowest BCUT2D eigenvalue weighted by Crippen LogP contribution is -2.47. The zero-order valence-corrected chi connectivity index (χ0v) is 11.5. The molecule has 2 heterocycles. The van der Waals surface area contributed by atoms with Crippen molar-refractivity contribution in [3.63, 3.8) is 0 Å². The lowest BCUT2D eigenvalue weighted by atomic mass is 9.97. The van der Waals surface area contributed by atoms with Gasteiger partial charge in [0.25, 0.3) is 0 Å². The Labute approximate surface area is 106 Å². The highest BCUT2D eigenvalue weighted by Crippen LogP contribution is 2.19. The first kappa shape index (κ1) is 13.3. The highest BCUT2D eigenvalue weighted by Gasteiger charge is 2.27. The number of nitrogens with zero attached hydrogens (tertiary/aromatic N) is 1. The van der Waals surface area contributed by atoms with Crippen molar-refractivity contribution in [2.75, 3.05) is 32.8 Å². The predicted molar refractivity (Wildman–Crippen MR) is 71.3 cm³/mol. The van der Waals surface area contributed by atoms with E-state index in [2.05, 4.69) is 24.1 Å². The molecule has 1 N–H and O–H groups in total. The number of rotatable bonds is 3. The number of nitrogens with one attached hydrogen (secondary N) is 1. The van der Waals surface area contributed by atoms with Crippen LogP contribution in [0.1, 0.15) is 39.5 Å². The second kappa shape index (κ2) is 6.72. The van der Waals surface area contributed by atoms with Gasteiger partial charge in [-0.15, -0.1) is 0 Å². The summed E-state index contributed by atoms with van der Waals surface area (Å²) in [5.74, 6) is 0.787. The van der Waals surface area contributed by atoms with Crippen molar-refractivity contribution in [3.8, 4) is 0 Å². The Kier molecular flexibility index (Phi) is 5.26. The minimum absolute atomic E-state index is 0.686. The monoisotopic (exact) mass is 240 g/mol. The van der Waals surface area contributed by atoms with Gasteiger partial charge in [0.15, 0.2) is 0 Å². The number of hydrogen-bond acceptors (Lipinski definition) is 3. The van der Waals surface area contributed by atoms with Crippen LogP contribution in [0.5, 0.6) is 0 Å². The van der Waals surface area contributed by atoms with E-state index < -0.39 is 0 Å². The van der Waals surface area contributed by atoms with Gasteiger partial charge in [0.2, 0.25) is 0 Å². The molecule has 0 spiro atoms. The van der Waals surface area contributed by atoms with Gasteiger partial charge in [-0.05, 0) is 38.3 Å². The quantitative estimate of drug-likeness (QED) is 0.815. The van der Waals surface area contributed by atoms with E-state index in [0.29, 0.717) is 6.04 Å². The molecule has 2 rings (SSSR count). The van der Waals surface area contributed by atoms with E-state index in [0.717, 1.165) is 25.2 Å². The zero-order chi connectivity index (χ0) is 12.1. The predicted octanol–water partition coefficient (Wildman–Crippen LogP) is 1.88. The van der Waals surface area contributed by atoms with Crippen LogP contribution >= 0.6 is 0 Å². The first-order chi connectivity index (χ1) is 8.31. The second-order valence-electron chi connectivity index (χ2n) is 5.64. The van der Waals surface area contributed by atoms with Crippen LogP contribution < -0.4 is 5.32 Å². The average Bonchev–Trinajstić information content (AvgIpc) is 2.64. The molecule has 2 fully saturated rings. The summed E-state index contributed by atoms with van der Waals surface area (Å²) < 4.78 is 5.47. The fourth-order valence-electron chi connectivity index (χ4n) is 3.03. The molecular weight excluding hydrogens is 212 g/mol. The molecule has 0 aromatic heterocycles. The SMILES string of the molecule is CCC(C)C1CN(C2CCOCC2)CCCN1. The van der Waals surface area contributed by atoms with Gasteiger partial charge < -0.3 is 10.1 Å². The average molecular weight is 240 g/mol. The van der Waals surface area contributed by atoms with Gasteiger partial charge >= 0.3 is 0 Å². The van der Waals surface area contributed by atoms with Gasteiger partial charge in [0, 0.05) is 31.8 Å². The van der Waals surface area contributed by atoms with Crippen LogP contribution in [-0.2, 0) is 4.74 Å². The number of hydrogen-bond donors (Lipinski definition) is 1. The summed E-state index contributed by atoms with van der Waals surface area (Å²) in [6.45, 7) is 10.3. The van der Waals surface area contributed by atoms with Crippen molar-refractivity contribution in [2.24, 2.45) is 5.92 Å². The molecule has 0 radical (unpaired) electrons. The van der Waals surface area contributed by atoms with Crippen molar-refractivity contribution in [1.29, 1.82) is 0 Å². The maximum atomic E-state index is 5.47. The molecule has 3 nitrogen and oxygen atoms in total. The van der Waals surface area contributed by atoms with Crippen LogP contribution in [0.25, 0.3) is 0 Å². The molecule has 0 aliphatic carbocycles. The molecule has 0 aromatic rings. The van der Waals surface area contributed by atoms with Crippen LogP contribution in [0, 0.1) is 5.92 Å². The lowest BCUT2D eigenvalue weighted by Gasteiger charge is -2.36. The third-order valence-corrected chi connectivity index (χ3v) is 4.50. The Morgan fingerprint density at radius 1 is 1.35 bits per heavy atom. The van der Waals surface area contributed by atoms with E-state index in [1.807, 2.05) is 0 Å². The standard InChI is InChI=1S/C14H28N2O/c1-3-12(2)14-11-16(8-4-7-15-14)13-5-9-17-10-6-13/h12-15H,3-11H2,1-2H3. The van der Waals surface area contributed by atoms with Gasteiger partial charge in [0.05, 0.1) is 0 Å². The first-order valence-corrected chi connectivity index (χ1v) is 7.36. The summed E-state index contributed by atoms with van der Waals surface area (Å²) in [5, 5.41) is 3.73. The van der Waals surface area contributed by atoms with E-state index in [-0.39, 0.29) is 0 Å². The summed E-state index contributed by atoms with van der Waals surface area (Å²) in [5.41, 5.74) is 0. The Bertz CT molecular complexity index is 216. The Morgan fingerprint density at radius 3 is 2.82 bits per heavy atom. The van der Waals surface area contributed by atoms with E-state index in [1.165, 1.54) is 45.3 Å². The summed E-state index contributed by atoms with van der Waals surface area (Å²) in [4.78, 5) is 2.72. The molecular formula is C14H28N2O. The highest BCUT2D eigenvalue weighted by atomic mass is 16.5. The maximum absolute atomic E-state index is 5.47.